The van der Waals surface area contributed by atoms with E-state index in [1.54, 1.807) is 6.07 Å². The number of hydrogen-bond donors (Lipinski definition) is 1. The number of aromatic nitrogens is 3. The van der Waals surface area contributed by atoms with Gasteiger partial charge in [-0.25, -0.2) is 4.39 Å². The molecule has 0 saturated carbocycles. The largest absolute Gasteiger partial charge is 0.295 e. The molecule has 0 spiro atoms. The maximum absolute atomic E-state index is 14.4. The van der Waals surface area contributed by atoms with Crippen LogP contribution in [-0.4, -0.2) is 21.2 Å². The molecule has 4 nitrogen and oxygen atoms in total. The van der Waals surface area contributed by atoms with E-state index in [-0.39, 0.29) is 17.0 Å². The van der Waals surface area contributed by atoms with Gasteiger partial charge < -0.3 is 0 Å². The highest BCUT2D eigenvalue weighted by Crippen LogP contribution is 2.57. The summed E-state index contributed by atoms with van der Waals surface area (Å²) in [5.41, 5.74) is 4.76. The normalized spacial score (nSPS) is 24.0. The van der Waals surface area contributed by atoms with Crippen LogP contribution in [0.5, 0.6) is 0 Å². The molecule has 0 amide bonds. The number of ketones is 1. The van der Waals surface area contributed by atoms with Gasteiger partial charge in [-0.3, -0.25) is 4.79 Å². The van der Waals surface area contributed by atoms with Gasteiger partial charge in [0.15, 0.2) is 11.6 Å². The summed E-state index contributed by atoms with van der Waals surface area (Å²) in [5.74, 6) is -0.148. The SMILES string of the molecule is CCC1=C2c3cc(F)c4n[nH]nc4c3CC2(CC)CCC1=O. The number of nitrogens with one attached hydrogen (secondary N) is 1. The molecule has 1 aromatic heterocycles. The van der Waals surface area contributed by atoms with Crippen molar-refractivity contribution in [2.75, 3.05) is 0 Å². The zero-order valence-corrected chi connectivity index (χ0v) is 12.8. The van der Waals surface area contributed by atoms with E-state index in [0.29, 0.717) is 23.9 Å². The van der Waals surface area contributed by atoms with Crippen LogP contribution in [0.2, 0.25) is 0 Å². The molecule has 22 heavy (non-hydrogen) atoms. The predicted octanol–water partition coefficient (Wildman–Crippen LogP) is 3.58. The Morgan fingerprint density at radius 3 is 2.82 bits per heavy atom. The lowest BCUT2D eigenvalue weighted by Gasteiger charge is -2.35. The van der Waals surface area contributed by atoms with Gasteiger partial charge in [0, 0.05) is 11.8 Å². The van der Waals surface area contributed by atoms with Gasteiger partial charge in [0.1, 0.15) is 11.0 Å². The number of nitrogens with zero attached hydrogens (tertiary/aromatic N) is 2. The van der Waals surface area contributed by atoms with Gasteiger partial charge in [0.25, 0.3) is 0 Å². The first-order valence-electron chi connectivity index (χ1n) is 7.90. The average molecular weight is 299 g/mol. The number of benzene rings is 1. The zero-order chi connectivity index (χ0) is 15.5. The number of rotatable bonds is 2. The van der Waals surface area contributed by atoms with Gasteiger partial charge in [-0.15, -0.1) is 0 Å². The van der Waals surface area contributed by atoms with E-state index >= 15 is 0 Å². The van der Waals surface area contributed by atoms with E-state index in [0.717, 1.165) is 41.5 Å². The molecule has 0 bridgehead atoms. The first-order valence-corrected chi connectivity index (χ1v) is 7.90. The summed E-state index contributed by atoms with van der Waals surface area (Å²) in [4.78, 5) is 12.3. The minimum absolute atomic E-state index is 0.0404. The fourth-order valence-corrected chi connectivity index (χ4v) is 4.32. The van der Waals surface area contributed by atoms with Crippen molar-refractivity contribution in [3.05, 3.63) is 28.6 Å². The van der Waals surface area contributed by atoms with Crippen LogP contribution >= 0.6 is 0 Å². The minimum atomic E-state index is -0.365. The third-order valence-corrected chi connectivity index (χ3v) is 5.47. The number of hydrogen-bond acceptors (Lipinski definition) is 3. The Bertz CT molecular complexity index is 836. The lowest BCUT2D eigenvalue weighted by molar-refractivity contribution is -0.116. The van der Waals surface area contributed by atoms with Crippen molar-refractivity contribution in [2.45, 2.75) is 46.0 Å². The summed E-state index contributed by atoms with van der Waals surface area (Å²) in [6, 6.07) is 1.56. The lowest BCUT2D eigenvalue weighted by atomic mass is 9.68. The van der Waals surface area contributed by atoms with Crippen LogP contribution in [-0.2, 0) is 11.2 Å². The highest BCUT2D eigenvalue weighted by atomic mass is 19.1. The monoisotopic (exact) mass is 299 g/mol. The maximum atomic E-state index is 14.4. The third-order valence-electron chi connectivity index (χ3n) is 5.47. The Kier molecular flexibility index (Phi) is 2.77. The van der Waals surface area contributed by atoms with Crippen LogP contribution in [0, 0.1) is 11.2 Å². The molecule has 1 heterocycles. The van der Waals surface area contributed by atoms with Gasteiger partial charge in [0.05, 0.1) is 0 Å². The molecule has 2 aliphatic carbocycles. The van der Waals surface area contributed by atoms with Crippen molar-refractivity contribution in [1.29, 1.82) is 0 Å². The molecule has 114 valence electrons. The van der Waals surface area contributed by atoms with Crippen molar-refractivity contribution in [3.8, 4) is 0 Å². The quantitative estimate of drug-likeness (QED) is 0.922. The van der Waals surface area contributed by atoms with E-state index in [4.69, 9.17) is 0 Å². The highest BCUT2D eigenvalue weighted by Gasteiger charge is 2.46. The first kappa shape index (κ1) is 13.6. The summed E-state index contributed by atoms with van der Waals surface area (Å²) in [6.07, 6.45) is 3.92. The van der Waals surface area contributed by atoms with Crippen LogP contribution in [0.3, 0.4) is 0 Å². The number of Topliss-reactive ketones (excluding diaryl/α,β-unsaturated/α-hetero) is 1. The van der Waals surface area contributed by atoms with Crippen molar-refractivity contribution in [2.24, 2.45) is 5.41 Å². The summed E-state index contributed by atoms with van der Waals surface area (Å²) < 4.78 is 14.4. The van der Waals surface area contributed by atoms with E-state index in [9.17, 15) is 9.18 Å². The molecule has 1 atom stereocenters. The molecular formula is C17H18FN3O. The molecule has 0 fully saturated rings. The van der Waals surface area contributed by atoms with E-state index in [2.05, 4.69) is 22.3 Å². The van der Waals surface area contributed by atoms with Crippen molar-refractivity contribution < 1.29 is 9.18 Å². The molecule has 2 aliphatic rings. The molecule has 1 aromatic carbocycles. The second-order valence-corrected chi connectivity index (χ2v) is 6.35. The average Bonchev–Trinajstić information content (AvgIpc) is 3.11. The minimum Gasteiger partial charge on any atom is -0.295 e. The zero-order valence-electron chi connectivity index (χ0n) is 12.8. The Morgan fingerprint density at radius 2 is 2.09 bits per heavy atom. The molecular weight excluding hydrogens is 281 g/mol. The Morgan fingerprint density at radius 1 is 1.32 bits per heavy atom. The van der Waals surface area contributed by atoms with Gasteiger partial charge >= 0.3 is 0 Å². The molecule has 0 radical (unpaired) electrons. The fraction of sp³-hybridized carbons (Fsp3) is 0.471. The number of fused-ring (bicyclic) bond motifs is 5. The highest BCUT2D eigenvalue weighted by molar-refractivity contribution is 6.07. The predicted molar refractivity (Wildman–Crippen MR) is 81.7 cm³/mol. The van der Waals surface area contributed by atoms with E-state index < -0.39 is 0 Å². The van der Waals surface area contributed by atoms with Gasteiger partial charge in [0.2, 0.25) is 0 Å². The molecule has 0 aliphatic heterocycles. The third kappa shape index (κ3) is 1.54. The summed E-state index contributed by atoms with van der Waals surface area (Å²) in [7, 11) is 0. The first-order chi connectivity index (χ1) is 10.6. The van der Waals surface area contributed by atoms with Crippen LogP contribution < -0.4 is 0 Å². The fourth-order valence-electron chi connectivity index (χ4n) is 4.32. The number of halogens is 1. The van der Waals surface area contributed by atoms with Gasteiger partial charge in [-0.2, -0.15) is 15.4 Å². The Hall–Kier alpha value is -2.04. The van der Waals surface area contributed by atoms with Crippen LogP contribution in [0.1, 0.15) is 50.7 Å². The van der Waals surface area contributed by atoms with E-state index in [1.165, 1.54) is 0 Å². The number of carbonyl (C=O) groups is 1. The molecule has 4 rings (SSSR count). The van der Waals surface area contributed by atoms with Gasteiger partial charge in [-0.1, -0.05) is 13.8 Å². The van der Waals surface area contributed by atoms with Gasteiger partial charge in [-0.05, 0) is 54.0 Å². The van der Waals surface area contributed by atoms with Crippen molar-refractivity contribution >= 4 is 22.4 Å². The van der Waals surface area contributed by atoms with Crippen molar-refractivity contribution in [1.82, 2.24) is 15.4 Å². The molecule has 5 heteroatoms. The molecule has 0 saturated heterocycles. The Labute approximate surface area is 127 Å². The number of aromatic amines is 1. The number of allylic oxidation sites excluding steroid dienone is 2. The molecule has 2 aromatic rings. The summed E-state index contributed by atoms with van der Waals surface area (Å²) >= 11 is 0. The van der Waals surface area contributed by atoms with Crippen molar-refractivity contribution in [3.63, 3.8) is 0 Å². The van der Waals surface area contributed by atoms with Crippen LogP contribution in [0.4, 0.5) is 4.39 Å². The maximum Gasteiger partial charge on any atom is 0.159 e. The number of carbonyl (C=O) groups excluding carboxylic acids is 1. The number of H-pyrrole nitrogens is 1. The summed E-state index contributed by atoms with van der Waals surface area (Å²) in [5, 5.41) is 10.6. The second-order valence-electron chi connectivity index (χ2n) is 6.35. The standard InChI is InChI=1S/C17H18FN3O/c1-3-9-13(22)5-6-17(4-2)8-11-10(14(9)17)7-12(18)16-15(11)19-21-20-16/h7H,3-6,8H2,1-2H3,(H,19,20,21). The Balaban J connectivity index is 2.10. The topological polar surface area (TPSA) is 58.6 Å². The lowest BCUT2D eigenvalue weighted by Crippen LogP contribution is -2.27. The van der Waals surface area contributed by atoms with Crippen LogP contribution in [0.25, 0.3) is 16.6 Å². The molecule has 1 N–H and O–H groups in total. The van der Waals surface area contributed by atoms with E-state index in [1.807, 2.05) is 6.92 Å². The molecule has 1 unspecified atom stereocenters. The summed E-state index contributed by atoms with van der Waals surface area (Å²) in [6.45, 7) is 4.17. The smallest absolute Gasteiger partial charge is 0.159 e. The second kappa shape index (κ2) is 4.48. The van der Waals surface area contributed by atoms with Crippen LogP contribution in [0.15, 0.2) is 11.6 Å².